The molecular formula is C5H8S2. The Labute approximate surface area is 53.7 Å². The van der Waals surface area contributed by atoms with Crippen molar-refractivity contribution in [2.75, 3.05) is 5.75 Å². The number of thiocarbonyl (C=S) groups is 1. The molecule has 0 N–H and O–H groups in total. The van der Waals surface area contributed by atoms with E-state index in [1.165, 1.54) is 17.0 Å². The van der Waals surface area contributed by atoms with Crippen molar-refractivity contribution < 1.29 is 0 Å². The largest absolute Gasteiger partial charge is 0.153 e. The molecule has 1 fully saturated rings. The average molecular weight is 132 g/mol. The van der Waals surface area contributed by atoms with Crippen molar-refractivity contribution in [3.8, 4) is 0 Å². The molecular weight excluding hydrogens is 124 g/mol. The second-order valence-corrected chi connectivity index (χ2v) is 3.70. The molecule has 7 heavy (non-hydrogen) atoms. The van der Waals surface area contributed by atoms with E-state index < -0.39 is 0 Å². The van der Waals surface area contributed by atoms with Gasteiger partial charge in [-0.3, -0.25) is 0 Å². The topological polar surface area (TPSA) is 0 Å². The van der Waals surface area contributed by atoms with Crippen LogP contribution in [0.1, 0.15) is 13.3 Å². The molecule has 0 bridgehead atoms. The van der Waals surface area contributed by atoms with E-state index in [2.05, 4.69) is 6.92 Å². The Morgan fingerprint density at radius 3 is 2.71 bits per heavy atom. The van der Waals surface area contributed by atoms with Gasteiger partial charge in [-0.15, -0.1) is 0 Å². The number of hydrogen-bond donors (Lipinski definition) is 0. The van der Waals surface area contributed by atoms with E-state index in [1.54, 1.807) is 0 Å². The van der Waals surface area contributed by atoms with Crippen molar-refractivity contribution in [2.24, 2.45) is 0 Å². The van der Waals surface area contributed by atoms with Gasteiger partial charge in [0.1, 0.15) is 0 Å². The maximum absolute atomic E-state index is 5.02. The normalized spacial score (nSPS) is 31.6. The molecule has 0 saturated carbocycles. The van der Waals surface area contributed by atoms with Gasteiger partial charge in [-0.2, -0.15) is 11.8 Å². The van der Waals surface area contributed by atoms with Crippen LogP contribution in [0.2, 0.25) is 0 Å². The average Bonchev–Trinajstić information content (AvgIpc) is 1.91. The van der Waals surface area contributed by atoms with E-state index in [-0.39, 0.29) is 0 Å². The second kappa shape index (κ2) is 2.14. The summed E-state index contributed by atoms with van der Waals surface area (Å²) in [4.78, 5) is 1.25. The first-order valence-electron chi connectivity index (χ1n) is 2.45. The standard InChI is InChI=1S/C5H8S2/c1-4-5(6)2-3-7-4/h4H,2-3H2,1H3/t4-/m1/s1. The lowest BCUT2D eigenvalue weighted by atomic mass is 10.3. The highest BCUT2D eigenvalue weighted by atomic mass is 32.2. The highest BCUT2D eigenvalue weighted by Gasteiger charge is 2.14. The quantitative estimate of drug-likeness (QED) is 0.462. The Bertz CT molecular complexity index is 88.1. The predicted octanol–water partition coefficient (Wildman–Crippen LogP) is 1.88. The Morgan fingerprint density at radius 2 is 2.57 bits per heavy atom. The Kier molecular flexibility index (Phi) is 1.70. The summed E-state index contributed by atoms with van der Waals surface area (Å²) in [5.41, 5.74) is 0. The molecule has 2 heteroatoms. The molecule has 0 aromatic carbocycles. The van der Waals surface area contributed by atoms with Crippen molar-refractivity contribution in [1.82, 2.24) is 0 Å². The minimum atomic E-state index is 0.662. The summed E-state index contributed by atoms with van der Waals surface area (Å²) >= 11 is 6.98. The van der Waals surface area contributed by atoms with Gasteiger partial charge in [-0.1, -0.05) is 12.2 Å². The van der Waals surface area contributed by atoms with Crippen LogP contribution in [0.3, 0.4) is 0 Å². The minimum absolute atomic E-state index is 0.662. The summed E-state index contributed by atoms with van der Waals surface area (Å²) in [7, 11) is 0. The van der Waals surface area contributed by atoms with Crippen LogP contribution >= 0.6 is 24.0 Å². The molecule has 1 saturated heterocycles. The molecule has 0 spiro atoms. The maximum Gasteiger partial charge on any atom is 0.0333 e. The maximum atomic E-state index is 5.02. The van der Waals surface area contributed by atoms with E-state index in [4.69, 9.17) is 12.2 Å². The van der Waals surface area contributed by atoms with E-state index in [9.17, 15) is 0 Å². The molecule has 1 rings (SSSR count). The van der Waals surface area contributed by atoms with Crippen LogP contribution in [0.25, 0.3) is 0 Å². The highest BCUT2D eigenvalue weighted by Crippen LogP contribution is 2.22. The van der Waals surface area contributed by atoms with Gasteiger partial charge in [-0.05, 0) is 19.1 Å². The molecule has 1 heterocycles. The zero-order valence-electron chi connectivity index (χ0n) is 4.31. The van der Waals surface area contributed by atoms with Gasteiger partial charge < -0.3 is 0 Å². The van der Waals surface area contributed by atoms with Crippen LogP contribution in [0.5, 0.6) is 0 Å². The van der Waals surface area contributed by atoms with Crippen molar-refractivity contribution in [3.63, 3.8) is 0 Å². The Balaban J connectivity index is 2.48. The molecule has 0 unspecified atom stereocenters. The van der Waals surface area contributed by atoms with Gasteiger partial charge >= 0.3 is 0 Å². The smallest absolute Gasteiger partial charge is 0.0333 e. The molecule has 1 atom stereocenters. The molecule has 0 nitrogen and oxygen atoms in total. The van der Waals surface area contributed by atoms with Gasteiger partial charge in [0.15, 0.2) is 0 Å². The lowest BCUT2D eigenvalue weighted by Crippen LogP contribution is -2.00. The molecule has 0 aromatic heterocycles. The summed E-state index contributed by atoms with van der Waals surface area (Å²) in [6.07, 6.45) is 1.17. The van der Waals surface area contributed by atoms with Crippen molar-refractivity contribution in [2.45, 2.75) is 18.6 Å². The zero-order chi connectivity index (χ0) is 5.28. The minimum Gasteiger partial charge on any atom is -0.153 e. The molecule has 0 aromatic rings. The molecule has 0 amide bonds. The first kappa shape index (κ1) is 5.57. The van der Waals surface area contributed by atoms with Crippen LogP contribution in [0.15, 0.2) is 0 Å². The summed E-state index contributed by atoms with van der Waals surface area (Å²) in [5, 5.41) is 0.662. The molecule has 0 aliphatic carbocycles. The fraction of sp³-hybridized carbons (Fsp3) is 0.800. The number of rotatable bonds is 0. The van der Waals surface area contributed by atoms with Gasteiger partial charge in [-0.25, -0.2) is 0 Å². The predicted molar refractivity (Wildman–Crippen MR) is 39.1 cm³/mol. The monoisotopic (exact) mass is 132 g/mol. The van der Waals surface area contributed by atoms with E-state index in [0.717, 1.165) is 0 Å². The lowest BCUT2D eigenvalue weighted by molar-refractivity contribution is 1.30. The molecule has 1 aliphatic heterocycles. The van der Waals surface area contributed by atoms with Gasteiger partial charge in [0, 0.05) is 10.1 Å². The molecule has 40 valence electrons. The van der Waals surface area contributed by atoms with E-state index in [0.29, 0.717) is 5.25 Å². The fourth-order valence-electron chi connectivity index (χ4n) is 0.633. The van der Waals surface area contributed by atoms with Gasteiger partial charge in [0.2, 0.25) is 0 Å². The van der Waals surface area contributed by atoms with Crippen molar-refractivity contribution >= 4 is 28.8 Å². The fourth-order valence-corrected chi connectivity index (χ4v) is 2.06. The van der Waals surface area contributed by atoms with Crippen molar-refractivity contribution in [3.05, 3.63) is 0 Å². The van der Waals surface area contributed by atoms with Crippen molar-refractivity contribution in [1.29, 1.82) is 0 Å². The summed E-state index contributed by atoms with van der Waals surface area (Å²) < 4.78 is 0. The van der Waals surface area contributed by atoms with Crippen LogP contribution in [0, 0.1) is 0 Å². The first-order valence-corrected chi connectivity index (χ1v) is 3.91. The third-order valence-electron chi connectivity index (χ3n) is 1.17. The Morgan fingerprint density at radius 1 is 1.86 bits per heavy atom. The zero-order valence-corrected chi connectivity index (χ0v) is 5.94. The molecule has 0 radical (unpaired) electrons. The third kappa shape index (κ3) is 1.16. The van der Waals surface area contributed by atoms with Crippen LogP contribution in [-0.2, 0) is 0 Å². The Hall–Kier alpha value is 0.440. The summed E-state index contributed by atoms with van der Waals surface area (Å²) in [6, 6.07) is 0. The number of thioether (sulfide) groups is 1. The van der Waals surface area contributed by atoms with Gasteiger partial charge in [0.05, 0.1) is 0 Å². The summed E-state index contributed by atoms with van der Waals surface area (Å²) in [6.45, 7) is 2.18. The van der Waals surface area contributed by atoms with Crippen LogP contribution in [0.4, 0.5) is 0 Å². The SMILES string of the molecule is C[C@H]1SCCC1=S. The van der Waals surface area contributed by atoms with E-state index >= 15 is 0 Å². The second-order valence-electron chi connectivity index (χ2n) is 1.73. The third-order valence-corrected chi connectivity index (χ3v) is 3.10. The first-order chi connectivity index (χ1) is 3.30. The highest BCUT2D eigenvalue weighted by molar-refractivity contribution is 8.02. The van der Waals surface area contributed by atoms with Crippen LogP contribution < -0.4 is 0 Å². The summed E-state index contributed by atoms with van der Waals surface area (Å²) in [5.74, 6) is 1.25. The number of hydrogen-bond acceptors (Lipinski definition) is 2. The lowest BCUT2D eigenvalue weighted by Gasteiger charge is -1.94. The molecule has 1 aliphatic rings. The van der Waals surface area contributed by atoms with Crippen LogP contribution in [-0.4, -0.2) is 15.9 Å². The van der Waals surface area contributed by atoms with E-state index in [1.807, 2.05) is 11.8 Å². The van der Waals surface area contributed by atoms with Gasteiger partial charge in [0.25, 0.3) is 0 Å².